The Morgan fingerprint density at radius 1 is 0.513 bits per heavy atom. The van der Waals surface area contributed by atoms with E-state index in [2.05, 4.69) is 41.6 Å². The fourth-order valence-corrected chi connectivity index (χ4v) is 5.91. The fourth-order valence-electron chi connectivity index (χ4n) is 4.97. The SMILES string of the molecule is C=C(C(=O)OC(OCCCCC(F)(F)C(F)(F)S(=O)(=O)[O-])(C(=O)OCc1ccccc1)C(F)(F)F)C(F)(F)F.C=C(C(=O)OC(OCCCCC(F)(F)C(F)(F)S(=O)(=O)[O-])(C(=O)Oc1ccc(C)cc1)C(F)(F)F)C(F)(F)F. The first kappa shape index (κ1) is 70.2. The number of aryl methyl sites for hydroxylation is 1. The quantitative estimate of drug-likeness (QED) is 0.0131. The van der Waals surface area contributed by atoms with E-state index in [1.807, 2.05) is 0 Å². The second kappa shape index (κ2) is 25.5. The molecule has 0 saturated carbocycles. The van der Waals surface area contributed by atoms with Crippen LogP contribution in [-0.4, -0.2) is 122 Å². The number of rotatable bonds is 25. The highest BCUT2D eigenvalue weighted by molar-refractivity contribution is 7.87. The van der Waals surface area contributed by atoms with E-state index < -0.39 is 178 Å². The minimum Gasteiger partial charge on any atom is -0.743 e. The lowest BCUT2D eigenvalue weighted by Crippen LogP contribution is -2.59. The Morgan fingerprint density at radius 2 is 0.859 bits per heavy atom. The number of carbonyl (C=O) groups is 4. The van der Waals surface area contributed by atoms with Crippen LogP contribution in [0.5, 0.6) is 5.75 Å². The van der Waals surface area contributed by atoms with E-state index in [4.69, 9.17) is 0 Å². The number of carbonyl (C=O) groups excluding carboxylic acids is 4. The van der Waals surface area contributed by atoms with Gasteiger partial charge in [0.05, 0.1) is 13.2 Å². The molecule has 0 heterocycles. The number of benzene rings is 2. The van der Waals surface area contributed by atoms with Crippen molar-refractivity contribution in [3.63, 3.8) is 0 Å². The number of unbranched alkanes of at least 4 members (excludes halogenated alkanes) is 2. The van der Waals surface area contributed by atoms with Gasteiger partial charge >= 0.3 is 82.5 Å². The second-order valence-corrected chi connectivity index (χ2v) is 18.0. The molecule has 0 aliphatic carbocycles. The Labute approximate surface area is 424 Å². The molecule has 0 spiro atoms. The highest BCUT2D eigenvalue weighted by atomic mass is 32.2. The van der Waals surface area contributed by atoms with Gasteiger partial charge in [-0.05, 0) is 50.3 Å². The largest absolute Gasteiger partial charge is 0.743 e. The minimum absolute atomic E-state index is 0.0597. The van der Waals surface area contributed by atoms with Gasteiger partial charge < -0.3 is 37.5 Å². The predicted octanol–water partition coefficient (Wildman–Crippen LogP) is 9.39. The molecular weight excluding hydrogens is 1180 g/mol. The van der Waals surface area contributed by atoms with Gasteiger partial charge in [-0.25, -0.2) is 36.0 Å². The molecule has 0 fully saturated rings. The smallest absolute Gasteiger partial charge is 0.468 e. The highest BCUT2D eigenvalue weighted by Crippen LogP contribution is 2.45. The second-order valence-electron chi connectivity index (χ2n) is 15.2. The molecule has 0 aromatic heterocycles. The van der Waals surface area contributed by atoms with Crippen molar-refractivity contribution in [2.75, 3.05) is 13.2 Å². The first-order valence-corrected chi connectivity index (χ1v) is 23.0. The Balaban J connectivity index is 0.000000780. The summed E-state index contributed by atoms with van der Waals surface area (Å²) in [6.07, 6.45) is -32.6. The fraction of sp³-hybridized carbons (Fsp3) is 0.500. The zero-order valence-electron chi connectivity index (χ0n) is 38.4. The lowest BCUT2D eigenvalue weighted by molar-refractivity contribution is -0.355. The van der Waals surface area contributed by atoms with Crippen molar-refractivity contribution >= 4 is 44.1 Å². The Hall–Kier alpha value is -5.86. The van der Waals surface area contributed by atoms with Crippen molar-refractivity contribution in [3.05, 3.63) is 90.0 Å². The van der Waals surface area contributed by atoms with Crippen molar-refractivity contribution in [3.8, 4) is 5.75 Å². The van der Waals surface area contributed by atoms with Gasteiger partial charge in [-0.3, -0.25) is 0 Å². The summed E-state index contributed by atoms with van der Waals surface area (Å²) in [5.74, 6) is -32.4. The van der Waals surface area contributed by atoms with Crippen LogP contribution in [0, 0.1) is 6.92 Å². The van der Waals surface area contributed by atoms with Gasteiger partial charge in [-0.1, -0.05) is 61.2 Å². The monoisotopic (exact) mass is 1210 g/mol. The van der Waals surface area contributed by atoms with Crippen molar-refractivity contribution in [1.82, 2.24) is 0 Å². The molecule has 0 amide bonds. The summed E-state index contributed by atoms with van der Waals surface area (Å²) in [4.78, 5) is 48.4. The van der Waals surface area contributed by atoms with Crippen LogP contribution >= 0.6 is 0 Å². The molecule has 2 unspecified atom stereocenters. The molecule has 0 radical (unpaired) electrons. The molecule has 444 valence electrons. The van der Waals surface area contributed by atoms with Crippen molar-refractivity contribution < 1.29 is 161 Å². The lowest BCUT2D eigenvalue weighted by Gasteiger charge is -2.32. The first-order chi connectivity index (χ1) is 34.9. The molecule has 0 aliphatic heterocycles. The maximum Gasteiger partial charge on any atom is 0.468 e. The van der Waals surface area contributed by atoms with Gasteiger partial charge in [0.1, 0.15) is 23.5 Å². The normalized spacial score (nSPS) is 14.9. The van der Waals surface area contributed by atoms with Crippen LogP contribution in [0.15, 0.2) is 78.9 Å². The third kappa shape index (κ3) is 17.8. The number of hydrogen-bond donors (Lipinski definition) is 0. The maximum absolute atomic E-state index is 14.0. The molecule has 2 rings (SSSR count). The van der Waals surface area contributed by atoms with Crippen LogP contribution in [0.25, 0.3) is 0 Å². The summed E-state index contributed by atoms with van der Waals surface area (Å²) in [6, 6.07) is 11.0. The van der Waals surface area contributed by atoms with Crippen LogP contribution in [0.1, 0.15) is 49.7 Å². The summed E-state index contributed by atoms with van der Waals surface area (Å²) in [5.41, 5.74) is -4.43. The molecule has 2 aromatic carbocycles. The molecule has 2 atom stereocenters. The van der Waals surface area contributed by atoms with E-state index in [0.717, 1.165) is 12.1 Å². The number of esters is 4. The van der Waals surface area contributed by atoms with Crippen LogP contribution in [-0.2, 0) is 69.7 Å². The van der Waals surface area contributed by atoms with Crippen molar-refractivity contribution in [2.45, 2.75) is 111 Å². The van der Waals surface area contributed by atoms with Gasteiger partial charge in [-0.15, -0.1) is 0 Å². The summed E-state index contributed by atoms with van der Waals surface area (Å²) in [6.45, 7) is 1.89. The highest BCUT2D eigenvalue weighted by Gasteiger charge is 2.70. The maximum atomic E-state index is 14.0. The van der Waals surface area contributed by atoms with Crippen LogP contribution in [0.3, 0.4) is 0 Å². The summed E-state index contributed by atoms with van der Waals surface area (Å²) >= 11 is 0. The third-order valence-corrected chi connectivity index (χ3v) is 11.1. The van der Waals surface area contributed by atoms with Crippen LogP contribution in [0.2, 0.25) is 0 Å². The molecule has 2 aromatic rings. The van der Waals surface area contributed by atoms with Crippen molar-refractivity contribution in [1.29, 1.82) is 0 Å². The Bertz CT molecular complexity index is 2660. The lowest BCUT2D eigenvalue weighted by atomic mass is 10.1. The Kier molecular flexibility index (Phi) is 22.9. The van der Waals surface area contributed by atoms with E-state index in [-0.39, 0.29) is 5.56 Å². The van der Waals surface area contributed by atoms with Gasteiger partial charge in [-0.2, -0.15) is 87.8 Å². The number of alkyl halides is 20. The summed E-state index contributed by atoms with van der Waals surface area (Å²) < 4.78 is 354. The van der Waals surface area contributed by atoms with Crippen LogP contribution < -0.4 is 4.74 Å². The first-order valence-electron chi connectivity index (χ1n) is 20.2. The standard InChI is InChI=1S/2C20H18F10O8S/c1-11-5-7-13(8-6-11)37-15(32)17(19(26,27)28,38-14(31)12(2)18(23,24)25)36-10-4-3-9-16(21,22)20(29,30)39(33,34)35;1-12(18(23,24)25)14(31)38-17(19(26,27)28,15(32)36-11-13-7-3-2-4-8-13)37-10-6-5-9-16(21,22)20(29,30)39(33,34)35/h5-8H,2-4,9-10H2,1H3,(H,33,34,35);2-4,7-8H,1,5-6,9-11H2,(H,33,34,35)/p-2. The molecule has 16 nitrogen and oxygen atoms in total. The predicted molar refractivity (Wildman–Crippen MR) is 212 cm³/mol. The average molecular weight is 1210 g/mol. The van der Waals surface area contributed by atoms with Crippen LogP contribution in [0.4, 0.5) is 87.8 Å². The zero-order chi connectivity index (χ0) is 61.2. The molecule has 0 saturated heterocycles. The van der Waals surface area contributed by atoms with E-state index in [1.165, 1.54) is 49.4 Å². The molecule has 78 heavy (non-hydrogen) atoms. The number of halogens is 20. The topological polar surface area (TPSA) is 238 Å². The summed E-state index contributed by atoms with van der Waals surface area (Å²) in [7, 11) is -13.7. The minimum atomic E-state index is -6.86. The molecular formula is C40H34F20O16S2-2. The molecule has 0 N–H and O–H groups in total. The summed E-state index contributed by atoms with van der Waals surface area (Å²) in [5, 5.41) is -12.2. The average Bonchev–Trinajstić information content (AvgIpc) is 3.27. The molecule has 0 aliphatic rings. The zero-order valence-corrected chi connectivity index (χ0v) is 40.0. The van der Waals surface area contributed by atoms with E-state index in [0.29, 0.717) is 5.56 Å². The van der Waals surface area contributed by atoms with E-state index in [9.17, 15) is 133 Å². The molecule has 0 bridgehead atoms. The Morgan fingerprint density at radius 3 is 1.18 bits per heavy atom. The molecule has 38 heteroatoms. The van der Waals surface area contributed by atoms with E-state index in [1.54, 1.807) is 0 Å². The van der Waals surface area contributed by atoms with Gasteiger partial charge in [0.2, 0.25) is 0 Å². The van der Waals surface area contributed by atoms with Gasteiger partial charge in [0.25, 0.3) is 0 Å². The number of ether oxygens (including phenoxy) is 6. The van der Waals surface area contributed by atoms with Gasteiger partial charge in [0, 0.05) is 12.8 Å². The number of hydrogen-bond acceptors (Lipinski definition) is 16. The van der Waals surface area contributed by atoms with Gasteiger partial charge in [0.15, 0.2) is 20.2 Å². The third-order valence-electron chi connectivity index (χ3n) is 9.24. The van der Waals surface area contributed by atoms with Crippen molar-refractivity contribution in [2.24, 2.45) is 0 Å². The van der Waals surface area contributed by atoms with E-state index >= 15 is 0 Å².